The van der Waals surface area contributed by atoms with Crippen molar-refractivity contribution in [2.24, 2.45) is 11.8 Å². The molecule has 3 amide bonds. The minimum Gasteiger partial charge on any atom is -0.359 e. The van der Waals surface area contributed by atoms with E-state index in [9.17, 15) is 14.4 Å². The van der Waals surface area contributed by atoms with E-state index in [1.54, 1.807) is 4.90 Å². The largest absolute Gasteiger partial charge is 0.359 e. The van der Waals surface area contributed by atoms with Crippen LogP contribution < -0.4 is 10.6 Å². The Bertz CT molecular complexity index is 949. The molecule has 1 saturated carbocycles. The molecule has 2 saturated heterocycles. The Hall–Kier alpha value is -2.67. The summed E-state index contributed by atoms with van der Waals surface area (Å²) in [4.78, 5) is 41.8. The van der Waals surface area contributed by atoms with E-state index in [4.69, 9.17) is 4.74 Å². The summed E-state index contributed by atoms with van der Waals surface area (Å²) in [5.74, 6) is -1.86. The fourth-order valence-electron chi connectivity index (χ4n) is 5.29. The molecule has 7 heteroatoms. The van der Waals surface area contributed by atoms with Crippen molar-refractivity contribution in [3.8, 4) is 0 Å². The molecule has 3 aliphatic heterocycles. The molecule has 0 radical (unpaired) electrons. The summed E-state index contributed by atoms with van der Waals surface area (Å²) in [6.45, 7) is 6.14. The van der Waals surface area contributed by atoms with E-state index in [1.807, 2.05) is 63.3 Å². The van der Waals surface area contributed by atoms with Gasteiger partial charge in [-0.15, -0.1) is 0 Å². The van der Waals surface area contributed by atoms with Crippen LogP contribution in [0.1, 0.15) is 39.2 Å². The molecule has 3 heterocycles. The monoisotopic (exact) mass is 423 g/mol. The average molecular weight is 424 g/mol. The van der Waals surface area contributed by atoms with E-state index in [1.165, 1.54) is 0 Å². The van der Waals surface area contributed by atoms with Crippen molar-refractivity contribution < 1.29 is 19.1 Å². The first-order chi connectivity index (χ1) is 14.7. The highest BCUT2D eigenvalue weighted by molar-refractivity contribution is 6.00. The number of ether oxygens (including phenoxy) is 1. The van der Waals surface area contributed by atoms with Gasteiger partial charge in [0.15, 0.2) is 0 Å². The number of carbonyl (C=O) groups is 3. The van der Waals surface area contributed by atoms with Crippen molar-refractivity contribution in [2.75, 3.05) is 0 Å². The lowest BCUT2D eigenvalue weighted by Gasteiger charge is -2.34. The van der Waals surface area contributed by atoms with Crippen LogP contribution in [0.4, 0.5) is 0 Å². The molecule has 4 aliphatic rings. The number of rotatable bonds is 5. The summed E-state index contributed by atoms with van der Waals surface area (Å²) >= 11 is 0. The van der Waals surface area contributed by atoms with Crippen LogP contribution in [0.15, 0.2) is 42.5 Å². The van der Waals surface area contributed by atoms with Crippen LogP contribution in [-0.4, -0.2) is 51.9 Å². The van der Waals surface area contributed by atoms with Gasteiger partial charge in [-0.3, -0.25) is 14.4 Å². The highest BCUT2D eigenvalue weighted by Crippen LogP contribution is 2.57. The van der Waals surface area contributed by atoms with E-state index in [2.05, 4.69) is 10.6 Å². The van der Waals surface area contributed by atoms with E-state index in [0.717, 1.165) is 18.4 Å². The van der Waals surface area contributed by atoms with Crippen LogP contribution >= 0.6 is 0 Å². The summed E-state index contributed by atoms with van der Waals surface area (Å²) < 4.78 is 6.30. The second-order valence-corrected chi connectivity index (χ2v) is 10.1. The van der Waals surface area contributed by atoms with Crippen molar-refractivity contribution in [2.45, 2.75) is 69.5 Å². The third-order valence-corrected chi connectivity index (χ3v) is 6.61. The number of hydrogen-bond donors (Lipinski definition) is 2. The molecular formula is C24H29N3O4. The molecule has 31 heavy (non-hydrogen) atoms. The maximum absolute atomic E-state index is 13.6. The molecule has 1 aromatic rings. The summed E-state index contributed by atoms with van der Waals surface area (Å²) in [6, 6.07) is 8.97. The number of benzene rings is 1. The molecule has 5 atom stereocenters. The van der Waals surface area contributed by atoms with Gasteiger partial charge in [0, 0.05) is 18.1 Å². The van der Waals surface area contributed by atoms with Gasteiger partial charge >= 0.3 is 0 Å². The Morgan fingerprint density at radius 3 is 2.52 bits per heavy atom. The first kappa shape index (κ1) is 20.2. The van der Waals surface area contributed by atoms with Crippen LogP contribution in [0.3, 0.4) is 0 Å². The molecule has 3 fully saturated rings. The van der Waals surface area contributed by atoms with Crippen molar-refractivity contribution in [1.29, 1.82) is 0 Å². The first-order valence-electron chi connectivity index (χ1n) is 11.0. The predicted octanol–water partition coefficient (Wildman–Crippen LogP) is 1.53. The van der Waals surface area contributed by atoms with Gasteiger partial charge in [0.2, 0.25) is 17.7 Å². The molecular weight excluding hydrogens is 394 g/mol. The zero-order valence-electron chi connectivity index (χ0n) is 18.1. The van der Waals surface area contributed by atoms with Gasteiger partial charge in [-0.2, -0.15) is 0 Å². The van der Waals surface area contributed by atoms with Crippen molar-refractivity contribution in [3.63, 3.8) is 0 Å². The normalized spacial score (nSPS) is 33.5. The molecule has 7 nitrogen and oxygen atoms in total. The minimum absolute atomic E-state index is 0.0484. The van der Waals surface area contributed by atoms with Crippen LogP contribution in [0, 0.1) is 11.8 Å². The SMILES string of the molecule is CC(C)(C)NC(=O)[C@@H]1N(C2CC2)C(=O)[C@H]2[C@@H](C(=O)NCc3ccccc3)[C@@H]3C=C[C@@]12O3. The van der Waals surface area contributed by atoms with Gasteiger partial charge in [0.25, 0.3) is 0 Å². The van der Waals surface area contributed by atoms with Gasteiger partial charge in [-0.05, 0) is 39.2 Å². The van der Waals surface area contributed by atoms with Crippen molar-refractivity contribution >= 4 is 17.7 Å². The topological polar surface area (TPSA) is 87.7 Å². The summed E-state index contributed by atoms with van der Waals surface area (Å²) in [6.07, 6.45) is 4.98. The van der Waals surface area contributed by atoms with Crippen LogP contribution in [0.2, 0.25) is 0 Å². The number of nitrogens with zero attached hydrogens (tertiary/aromatic N) is 1. The zero-order chi connectivity index (χ0) is 22.0. The first-order valence-corrected chi connectivity index (χ1v) is 11.0. The summed E-state index contributed by atoms with van der Waals surface area (Å²) in [5.41, 5.74) is -0.518. The quantitative estimate of drug-likeness (QED) is 0.703. The van der Waals surface area contributed by atoms with E-state index < -0.39 is 35.1 Å². The molecule has 1 spiro atoms. The van der Waals surface area contributed by atoms with Crippen molar-refractivity contribution in [3.05, 3.63) is 48.0 Å². The maximum Gasteiger partial charge on any atom is 0.246 e. The molecule has 1 aliphatic carbocycles. The highest BCUT2D eigenvalue weighted by Gasteiger charge is 2.74. The molecule has 2 bridgehead atoms. The van der Waals surface area contributed by atoms with E-state index >= 15 is 0 Å². The van der Waals surface area contributed by atoms with Crippen molar-refractivity contribution in [1.82, 2.24) is 15.5 Å². The Morgan fingerprint density at radius 2 is 1.87 bits per heavy atom. The second-order valence-electron chi connectivity index (χ2n) is 10.1. The third-order valence-electron chi connectivity index (χ3n) is 6.61. The standard InChI is InChI=1S/C24H29N3O4/c1-23(2,3)26-21(29)19-24-12-11-16(31-24)17(18(24)22(30)27(19)15-9-10-15)20(28)25-13-14-7-5-4-6-8-14/h4-8,11-12,15-19H,9-10,13H2,1-3H3,(H,25,28)(H,26,29)/t16-,17-,18+,19-,24-/m0/s1. The van der Waals surface area contributed by atoms with Gasteiger partial charge in [0.1, 0.15) is 11.6 Å². The van der Waals surface area contributed by atoms with Crippen LogP contribution in [0.25, 0.3) is 0 Å². The fourth-order valence-corrected chi connectivity index (χ4v) is 5.29. The Balaban J connectivity index is 1.43. The van der Waals surface area contributed by atoms with Gasteiger partial charge < -0.3 is 20.3 Å². The zero-order valence-corrected chi connectivity index (χ0v) is 18.1. The van der Waals surface area contributed by atoms with Crippen LogP contribution in [0.5, 0.6) is 0 Å². The molecule has 164 valence electrons. The smallest absolute Gasteiger partial charge is 0.246 e. The highest BCUT2D eigenvalue weighted by atomic mass is 16.5. The van der Waals surface area contributed by atoms with Gasteiger partial charge in [0.05, 0.1) is 17.9 Å². The van der Waals surface area contributed by atoms with E-state index in [-0.39, 0.29) is 23.8 Å². The number of fused-ring (bicyclic) bond motifs is 1. The third kappa shape index (κ3) is 3.26. The Labute approximate surface area is 182 Å². The van der Waals surface area contributed by atoms with Crippen LogP contribution in [-0.2, 0) is 25.7 Å². The molecule has 0 unspecified atom stereocenters. The fraction of sp³-hybridized carbons (Fsp3) is 0.542. The minimum atomic E-state index is -1.07. The second kappa shape index (κ2) is 6.92. The number of carbonyl (C=O) groups excluding carboxylic acids is 3. The molecule has 1 aromatic carbocycles. The van der Waals surface area contributed by atoms with Gasteiger partial charge in [-0.25, -0.2) is 0 Å². The average Bonchev–Trinajstić information content (AvgIpc) is 3.31. The maximum atomic E-state index is 13.6. The molecule has 0 aromatic heterocycles. The predicted molar refractivity (Wildman–Crippen MR) is 114 cm³/mol. The van der Waals surface area contributed by atoms with Gasteiger partial charge in [-0.1, -0.05) is 42.5 Å². The summed E-state index contributed by atoms with van der Waals surface area (Å²) in [5, 5.41) is 6.00. The van der Waals surface area contributed by atoms with E-state index in [0.29, 0.717) is 6.54 Å². The Kier molecular flexibility index (Phi) is 4.52. The number of likely N-dealkylation sites (tertiary alicyclic amines) is 1. The lowest BCUT2D eigenvalue weighted by atomic mass is 9.74. The molecule has 5 rings (SSSR count). The number of nitrogens with one attached hydrogen (secondary N) is 2. The number of amides is 3. The lowest BCUT2D eigenvalue weighted by Crippen LogP contribution is -2.58. The Morgan fingerprint density at radius 1 is 1.16 bits per heavy atom. The summed E-state index contributed by atoms with van der Waals surface area (Å²) in [7, 11) is 0. The number of hydrogen-bond acceptors (Lipinski definition) is 4. The lowest BCUT2D eigenvalue weighted by molar-refractivity contribution is -0.143. The molecule has 2 N–H and O–H groups in total.